The van der Waals surface area contributed by atoms with Crippen molar-refractivity contribution in [2.75, 3.05) is 24.2 Å². The van der Waals surface area contributed by atoms with Gasteiger partial charge in [0.1, 0.15) is 11.6 Å². The first-order valence-corrected chi connectivity index (χ1v) is 4.87. The molecular formula is C8H11Cl2N3O. The lowest BCUT2D eigenvalue weighted by atomic mass is 10.4. The van der Waals surface area contributed by atoms with Gasteiger partial charge in [-0.05, 0) is 12.5 Å². The maximum Gasteiger partial charge on any atom is 0.147 e. The Bertz CT molecular complexity index is 320. The zero-order valence-electron chi connectivity index (χ0n) is 7.43. The maximum absolute atomic E-state index is 8.57. The summed E-state index contributed by atoms with van der Waals surface area (Å²) in [5.41, 5.74) is 5.50. The molecule has 4 N–H and O–H groups in total. The van der Waals surface area contributed by atoms with E-state index >= 15 is 0 Å². The topological polar surface area (TPSA) is 71.2 Å². The van der Waals surface area contributed by atoms with E-state index < -0.39 is 0 Å². The number of nitrogens with zero attached hydrogens (tertiary/aromatic N) is 1. The third-order valence-corrected chi connectivity index (χ3v) is 2.17. The lowest BCUT2D eigenvalue weighted by Crippen LogP contribution is -2.06. The minimum absolute atomic E-state index is 0.119. The number of aromatic nitrogens is 1. The summed E-state index contributed by atoms with van der Waals surface area (Å²) in [6, 6.07) is 1.53. The largest absolute Gasteiger partial charge is 0.396 e. The van der Waals surface area contributed by atoms with Crippen molar-refractivity contribution in [1.29, 1.82) is 0 Å². The molecule has 0 saturated heterocycles. The molecule has 0 radical (unpaired) electrons. The van der Waals surface area contributed by atoms with Crippen molar-refractivity contribution in [3.63, 3.8) is 0 Å². The Balaban J connectivity index is 2.72. The molecule has 78 valence electrons. The van der Waals surface area contributed by atoms with Crippen LogP contribution in [-0.2, 0) is 0 Å². The molecule has 6 heteroatoms. The molecule has 1 rings (SSSR count). The van der Waals surface area contributed by atoms with Crippen molar-refractivity contribution >= 4 is 34.8 Å². The number of nitrogens with two attached hydrogens (primary N) is 1. The number of rotatable bonds is 4. The summed E-state index contributed by atoms with van der Waals surface area (Å²) in [4.78, 5) is 3.97. The first-order chi connectivity index (χ1) is 6.65. The molecule has 0 aliphatic heterocycles. The molecule has 0 bridgehead atoms. The summed E-state index contributed by atoms with van der Waals surface area (Å²) in [5.74, 6) is 0.726. The summed E-state index contributed by atoms with van der Waals surface area (Å²) in [6.45, 7) is 0.706. The van der Waals surface area contributed by atoms with E-state index in [0.717, 1.165) is 0 Å². The quantitative estimate of drug-likeness (QED) is 0.696. The fourth-order valence-electron chi connectivity index (χ4n) is 0.891. The van der Waals surface area contributed by atoms with Crippen molar-refractivity contribution in [2.45, 2.75) is 6.42 Å². The van der Waals surface area contributed by atoms with E-state index in [1.165, 1.54) is 6.07 Å². The smallest absolute Gasteiger partial charge is 0.147 e. The molecule has 0 saturated carbocycles. The average molecular weight is 236 g/mol. The molecular weight excluding hydrogens is 225 g/mol. The van der Waals surface area contributed by atoms with Crippen LogP contribution in [0.4, 0.5) is 11.6 Å². The molecule has 0 aliphatic carbocycles. The van der Waals surface area contributed by atoms with E-state index in [2.05, 4.69) is 10.3 Å². The number of aliphatic hydroxyl groups excluding tert-OH is 1. The SMILES string of the molecule is Nc1nc(NCCCO)c(Cl)cc1Cl. The minimum atomic E-state index is 0.119. The highest BCUT2D eigenvalue weighted by Gasteiger charge is 2.05. The Morgan fingerprint density at radius 1 is 1.43 bits per heavy atom. The van der Waals surface area contributed by atoms with Crippen molar-refractivity contribution in [3.8, 4) is 0 Å². The molecule has 0 atom stereocenters. The molecule has 1 aromatic heterocycles. The molecule has 4 nitrogen and oxygen atoms in total. The predicted molar refractivity (Wildman–Crippen MR) is 58.9 cm³/mol. The minimum Gasteiger partial charge on any atom is -0.396 e. The normalized spacial score (nSPS) is 10.2. The fourth-order valence-corrected chi connectivity index (χ4v) is 1.32. The molecule has 1 aromatic rings. The Kier molecular flexibility index (Phi) is 4.25. The average Bonchev–Trinajstić information content (AvgIpc) is 2.14. The molecule has 0 aliphatic rings. The second kappa shape index (κ2) is 5.24. The van der Waals surface area contributed by atoms with E-state index in [0.29, 0.717) is 28.8 Å². The highest BCUT2D eigenvalue weighted by molar-refractivity contribution is 6.37. The van der Waals surface area contributed by atoms with Gasteiger partial charge in [0.25, 0.3) is 0 Å². The highest BCUT2D eigenvalue weighted by Crippen LogP contribution is 2.27. The third kappa shape index (κ3) is 2.90. The number of pyridine rings is 1. The number of nitrogens with one attached hydrogen (secondary N) is 1. The standard InChI is InChI=1S/C8H11Cl2N3O/c9-5-4-6(10)8(13-7(5)11)12-2-1-3-14/h4,14H,1-3H2,(H3,11,12,13). The highest BCUT2D eigenvalue weighted by atomic mass is 35.5. The predicted octanol–water partition coefficient (Wildman–Crippen LogP) is 1.76. The first kappa shape index (κ1) is 11.4. The number of hydrogen-bond acceptors (Lipinski definition) is 4. The van der Waals surface area contributed by atoms with E-state index in [4.69, 9.17) is 34.0 Å². The second-order valence-electron chi connectivity index (χ2n) is 2.69. The van der Waals surface area contributed by atoms with Crippen LogP contribution >= 0.6 is 23.2 Å². The van der Waals surface area contributed by atoms with Gasteiger partial charge in [-0.25, -0.2) is 4.98 Å². The van der Waals surface area contributed by atoms with Crippen LogP contribution in [0.3, 0.4) is 0 Å². The lowest BCUT2D eigenvalue weighted by Gasteiger charge is -2.07. The summed E-state index contributed by atoms with van der Waals surface area (Å²) >= 11 is 11.6. The van der Waals surface area contributed by atoms with Gasteiger partial charge >= 0.3 is 0 Å². The van der Waals surface area contributed by atoms with Crippen LogP contribution < -0.4 is 11.1 Å². The zero-order valence-corrected chi connectivity index (χ0v) is 8.94. The second-order valence-corrected chi connectivity index (χ2v) is 3.50. The number of anilines is 2. The molecule has 0 unspecified atom stereocenters. The molecule has 0 spiro atoms. The number of nitrogen functional groups attached to an aromatic ring is 1. The van der Waals surface area contributed by atoms with Gasteiger partial charge in [0.05, 0.1) is 10.0 Å². The van der Waals surface area contributed by atoms with Gasteiger partial charge in [-0.3, -0.25) is 0 Å². The Morgan fingerprint density at radius 2 is 2.14 bits per heavy atom. The van der Waals surface area contributed by atoms with Crippen LogP contribution in [0.1, 0.15) is 6.42 Å². The summed E-state index contributed by atoms with van der Waals surface area (Å²) in [7, 11) is 0. The van der Waals surface area contributed by atoms with Crippen LogP contribution in [0.5, 0.6) is 0 Å². The van der Waals surface area contributed by atoms with Gasteiger partial charge in [0, 0.05) is 13.2 Å². The zero-order chi connectivity index (χ0) is 10.6. The van der Waals surface area contributed by atoms with Crippen molar-refractivity contribution < 1.29 is 5.11 Å². The van der Waals surface area contributed by atoms with E-state index in [1.54, 1.807) is 0 Å². The van der Waals surface area contributed by atoms with Gasteiger partial charge in [0.15, 0.2) is 0 Å². The Labute approximate surface area is 92.0 Å². The van der Waals surface area contributed by atoms with E-state index in [1.807, 2.05) is 0 Å². The monoisotopic (exact) mass is 235 g/mol. The number of aliphatic hydroxyl groups is 1. The molecule has 14 heavy (non-hydrogen) atoms. The summed E-state index contributed by atoms with van der Waals surface area (Å²) in [5, 5.41) is 12.3. The van der Waals surface area contributed by atoms with Crippen molar-refractivity contribution in [3.05, 3.63) is 16.1 Å². The van der Waals surface area contributed by atoms with Crippen LogP contribution in [0, 0.1) is 0 Å². The first-order valence-electron chi connectivity index (χ1n) is 4.11. The maximum atomic E-state index is 8.57. The molecule has 0 amide bonds. The Hall–Kier alpha value is -0.710. The summed E-state index contributed by atoms with van der Waals surface area (Å²) < 4.78 is 0. The third-order valence-electron chi connectivity index (χ3n) is 1.58. The Morgan fingerprint density at radius 3 is 2.79 bits per heavy atom. The van der Waals surface area contributed by atoms with Gasteiger partial charge < -0.3 is 16.2 Å². The van der Waals surface area contributed by atoms with Gasteiger partial charge in [-0.1, -0.05) is 23.2 Å². The summed E-state index contributed by atoms with van der Waals surface area (Å²) in [6.07, 6.45) is 0.626. The molecule has 1 heterocycles. The van der Waals surface area contributed by atoms with Crippen LogP contribution in [0.2, 0.25) is 10.0 Å². The van der Waals surface area contributed by atoms with E-state index in [-0.39, 0.29) is 12.4 Å². The fraction of sp³-hybridized carbons (Fsp3) is 0.375. The van der Waals surface area contributed by atoms with Gasteiger partial charge in [0.2, 0.25) is 0 Å². The van der Waals surface area contributed by atoms with Crippen LogP contribution in [0.25, 0.3) is 0 Å². The van der Waals surface area contributed by atoms with Crippen LogP contribution in [-0.4, -0.2) is 23.2 Å². The van der Waals surface area contributed by atoms with Crippen molar-refractivity contribution in [2.24, 2.45) is 0 Å². The lowest BCUT2D eigenvalue weighted by molar-refractivity contribution is 0.292. The molecule has 0 fully saturated rings. The van der Waals surface area contributed by atoms with Gasteiger partial charge in [-0.2, -0.15) is 0 Å². The number of halogens is 2. The van der Waals surface area contributed by atoms with Gasteiger partial charge in [-0.15, -0.1) is 0 Å². The van der Waals surface area contributed by atoms with Crippen molar-refractivity contribution in [1.82, 2.24) is 4.98 Å². The molecule has 0 aromatic carbocycles. The van der Waals surface area contributed by atoms with Crippen LogP contribution in [0.15, 0.2) is 6.07 Å². The van der Waals surface area contributed by atoms with E-state index in [9.17, 15) is 0 Å². The number of hydrogen-bond donors (Lipinski definition) is 3.